The monoisotopic (exact) mass is 441 g/mol. The number of para-hydroxylation sites is 1. The Morgan fingerprint density at radius 1 is 1.31 bits per heavy atom. The maximum Gasteiger partial charge on any atom is 0.262 e. The van der Waals surface area contributed by atoms with Crippen molar-refractivity contribution in [3.63, 3.8) is 0 Å². The second-order valence-electron chi connectivity index (χ2n) is 8.44. The molecule has 0 aliphatic carbocycles. The van der Waals surface area contributed by atoms with Crippen molar-refractivity contribution in [1.29, 1.82) is 0 Å². The topological polar surface area (TPSA) is 99.8 Å². The number of nitrogens with one attached hydrogen (secondary N) is 1. The van der Waals surface area contributed by atoms with Gasteiger partial charge in [-0.2, -0.15) is 0 Å². The van der Waals surface area contributed by atoms with E-state index in [0.29, 0.717) is 55.9 Å². The van der Waals surface area contributed by atoms with Crippen LogP contribution in [0.3, 0.4) is 0 Å². The summed E-state index contributed by atoms with van der Waals surface area (Å²) in [6.45, 7) is 6.34. The van der Waals surface area contributed by atoms with E-state index in [1.165, 1.54) is 0 Å². The molecule has 1 fully saturated rings. The summed E-state index contributed by atoms with van der Waals surface area (Å²) in [5.74, 6) is 1.12. The Morgan fingerprint density at radius 2 is 2.16 bits per heavy atom. The highest BCUT2D eigenvalue weighted by Crippen LogP contribution is 2.16. The Balaban J connectivity index is 1.54. The SMILES string of the molecule is CC(C)OCCCn1c(=O)c2ccccc2n2c(CCC(=O)NC[C@H]3CCCO3)nnc12. The molecule has 0 spiro atoms. The van der Waals surface area contributed by atoms with Crippen LogP contribution in [0.4, 0.5) is 0 Å². The van der Waals surface area contributed by atoms with E-state index in [-0.39, 0.29) is 23.7 Å². The molecule has 1 N–H and O–H groups in total. The van der Waals surface area contributed by atoms with E-state index in [1.807, 2.05) is 42.5 Å². The first kappa shape index (κ1) is 22.4. The number of hydrogen-bond acceptors (Lipinski definition) is 6. The molecule has 0 radical (unpaired) electrons. The summed E-state index contributed by atoms with van der Waals surface area (Å²) < 4.78 is 14.7. The molecule has 172 valence electrons. The lowest BCUT2D eigenvalue weighted by Crippen LogP contribution is -2.32. The molecule has 9 nitrogen and oxygen atoms in total. The smallest absolute Gasteiger partial charge is 0.262 e. The zero-order chi connectivity index (χ0) is 22.5. The lowest BCUT2D eigenvalue weighted by molar-refractivity contribution is -0.121. The molecule has 32 heavy (non-hydrogen) atoms. The first-order valence-electron chi connectivity index (χ1n) is 11.4. The Hall–Kier alpha value is -2.78. The molecular formula is C23H31N5O4. The molecule has 3 heterocycles. The van der Waals surface area contributed by atoms with Gasteiger partial charge in [0.1, 0.15) is 5.82 Å². The minimum absolute atomic E-state index is 0.0410. The van der Waals surface area contributed by atoms with E-state index in [2.05, 4.69) is 15.5 Å². The molecule has 0 bridgehead atoms. The number of fused-ring (bicyclic) bond motifs is 3. The van der Waals surface area contributed by atoms with Gasteiger partial charge in [0.2, 0.25) is 11.7 Å². The highest BCUT2D eigenvalue weighted by atomic mass is 16.5. The third-order valence-corrected chi connectivity index (χ3v) is 5.68. The second-order valence-corrected chi connectivity index (χ2v) is 8.44. The first-order chi connectivity index (χ1) is 15.5. The number of hydrogen-bond donors (Lipinski definition) is 1. The van der Waals surface area contributed by atoms with Gasteiger partial charge in [-0.1, -0.05) is 12.1 Å². The number of benzene rings is 1. The molecule has 0 saturated carbocycles. The average molecular weight is 442 g/mol. The van der Waals surface area contributed by atoms with Gasteiger partial charge in [0.05, 0.1) is 23.1 Å². The fourth-order valence-corrected chi connectivity index (χ4v) is 4.07. The van der Waals surface area contributed by atoms with Crippen molar-refractivity contribution in [2.45, 2.75) is 64.7 Å². The maximum atomic E-state index is 13.1. The van der Waals surface area contributed by atoms with Gasteiger partial charge in [0.15, 0.2) is 0 Å². The lowest BCUT2D eigenvalue weighted by atomic mass is 10.2. The Bertz CT molecular complexity index is 1130. The number of carbonyl (C=O) groups is 1. The van der Waals surface area contributed by atoms with Crippen molar-refractivity contribution in [3.05, 3.63) is 40.4 Å². The highest BCUT2D eigenvalue weighted by molar-refractivity contribution is 5.80. The molecule has 9 heteroatoms. The zero-order valence-electron chi connectivity index (χ0n) is 18.7. The summed E-state index contributed by atoms with van der Waals surface area (Å²) in [4.78, 5) is 25.5. The van der Waals surface area contributed by atoms with Crippen molar-refractivity contribution >= 4 is 22.6 Å². The minimum atomic E-state index is -0.0918. The largest absolute Gasteiger partial charge is 0.379 e. The molecule has 1 saturated heterocycles. The van der Waals surface area contributed by atoms with E-state index in [9.17, 15) is 9.59 Å². The molecule has 1 aliphatic rings. The van der Waals surface area contributed by atoms with Crippen LogP contribution in [0.15, 0.2) is 29.1 Å². The predicted molar refractivity (Wildman–Crippen MR) is 121 cm³/mol. The van der Waals surface area contributed by atoms with Crippen LogP contribution in [-0.4, -0.2) is 57.0 Å². The van der Waals surface area contributed by atoms with Gasteiger partial charge in [-0.3, -0.25) is 18.6 Å². The van der Waals surface area contributed by atoms with E-state index < -0.39 is 0 Å². The Morgan fingerprint density at radius 3 is 2.94 bits per heavy atom. The van der Waals surface area contributed by atoms with Crippen LogP contribution in [0.2, 0.25) is 0 Å². The van der Waals surface area contributed by atoms with E-state index in [0.717, 1.165) is 25.0 Å². The van der Waals surface area contributed by atoms with E-state index >= 15 is 0 Å². The van der Waals surface area contributed by atoms with Crippen molar-refractivity contribution in [1.82, 2.24) is 24.5 Å². The van der Waals surface area contributed by atoms with Gasteiger partial charge in [-0.05, 0) is 45.2 Å². The van der Waals surface area contributed by atoms with Gasteiger partial charge >= 0.3 is 0 Å². The maximum absolute atomic E-state index is 13.1. The Labute approximate surface area is 186 Å². The van der Waals surface area contributed by atoms with Crippen LogP contribution < -0.4 is 10.9 Å². The summed E-state index contributed by atoms with van der Waals surface area (Å²) in [5, 5.41) is 12.2. The quantitative estimate of drug-likeness (QED) is 0.484. The van der Waals surface area contributed by atoms with Crippen molar-refractivity contribution < 1.29 is 14.3 Å². The van der Waals surface area contributed by atoms with Crippen LogP contribution in [0.5, 0.6) is 0 Å². The van der Waals surface area contributed by atoms with Crippen LogP contribution in [0.25, 0.3) is 16.7 Å². The molecular weight excluding hydrogens is 410 g/mol. The lowest BCUT2D eigenvalue weighted by Gasteiger charge is -2.13. The fourth-order valence-electron chi connectivity index (χ4n) is 4.07. The van der Waals surface area contributed by atoms with Gasteiger partial charge in [0.25, 0.3) is 5.56 Å². The number of aromatic nitrogens is 4. The second kappa shape index (κ2) is 10.2. The van der Waals surface area contributed by atoms with Crippen molar-refractivity contribution in [2.24, 2.45) is 0 Å². The number of nitrogens with zero attached hydrogens (tertiary/aromatic N) is 4. The number of amides is 1. The molecule has 3 aromatic rings. The number of rotatable bonds is 10. The summed E-state index contributed by atoms with van der Waals surface area (Å²) in [6.07, 6.45) is 3.71. The van der Waals surface area contributed by atoms with E-state index in [1.54, 1.807) is 4.57 Å². The normalized spacial score (nSPS) is 16.4. The van der Waals surface area contributed by atoms with Crippen LogP contribution in [0.1, 0.15) is 45.4 Å². The summed E-state index contributed by atoms with van der Waals surface area (Å²) >= 11 is 0. The van der Waals surface area contributed by atoms with Crippen LogP contribution in [0, 0.1) is 0 Å². The number of carbonyl (C=O) groups excluding carboxylic acids is 1. The van der Waals surface area contributed by atoms with Gasteiger partial charge in [-0.15, -0.1) is 10.2 Å². The molecule has 2 aromatic heterocycles. The van der Waals surface area contributed by atoms with Crippen LogP contribution in [-0.2, 0) is 27.2 Å². The fraction of sp³-hybridized carbons (Fsp3) is 0.565. The van der Waals surface area contributed by atoms with E-state index in [4.69, 9.17) is 9.47 Å². The highest BCUT2D eigenvalue weighted by Gasteiger charge is 2.19. The summed E-state index contributed by atoms with van der Waals surface area (Å²) in [6, 6.07) is 7.45. The molecule has 1 atom stereocenters. The van der Waals surface area contributed by atoms with Gasteiger partial charge in [0, 0.05) is 39.1 Å². The number of ether oxygens (including phenoxy) is 2. The molecule has 1 aliphatic heterocycles. The molecule has 1 aromatic carbocycles. The minimum Gasteiger partial charge on any atom is -0.379 e. The average Bonchev–Trinajstić information content (AvgIpc) is 3.45. The first-order valence-corrected chi connectivity index (χ1v) is 11.4. The van der Waals surface area contributed by atoms with Crippen molar-refractivity contribution in [3.8, 4) is 0 Å². The predicted octanol–water partition coefficient (Wildman–Crippen LogP) is 2.09. The Kier molecular flexibility index (Phi) is 7.16. The standard InChI is InChI=1S/C23H31N5O4/c1-16(2)31-14-6-12-27-22(30)18-8-3-4-9-19(18)28-20(25-26-23(27)28)10-11-21(29)24-15-17-7-5-13-32-17/h3-4,8-9,16-17H,5-7,10-15H2,1-2H3,(H,24,29)/t17-/m1/s1. The van der Waals surface area contributed by atoms with Gasteiger partial charge < -0.3 is 14.8 Å². The third-order valence-electron chi connectivity index (χ3n) is 5.68. The molecule has 4 rings (SSSR count). The molecule has 1 amide bonds. The number of aryl methyl sites for hydroxylation is 2. The molecule has 0 unspecified atom stereocenters. The zero-order valence-corrected chi connectivity index (χ0v) is 18.7. The third kappa shape index (κ3) is 4.99. The van der Waals surface area contributed by atoms with Gasteiger partial charge in [-0.25, -0.2) is 0 Å². The van der Waals surface area contributed by atoms with Crippen molar-refractivity contribution in [2.75, 3.05) is 19.8 Å². The summed E-state index contributed by atoms with van der Waals surface area (Å²) in [5.41, 5.74) is 0.660. The van der Waals surface area contributed by atoms with Crippen LogP contribution >= 0.6 is 0 Å². The summed E-state index contributed by atoms with van der Waals surface area (Å²) in [7, 11) is 0.